The second-order valence-corrected chi connectivity index (χ2v) is 11.3. The van der Waals surface area contributed by atoms with Gasteiger partial charge in [0.15, 0.2) is 5.13 Å². The number of nitrogens with zero attached hydrogens (tertiary/aromatic N) is 1. The largest absolute Gasteiger partial charge is 0.489 e. The van der Waals surface area contributed by atoms with Crippen molar-refractivity contribution in [2.45, 2.75) is 11.5 Å². The molecule has 10 heteroatoms. The average Bonchev–Trinajstić information content (AvgIpc) is 3.57. The van der Waals surface area contributed by atoms with Crippen LogP contribution >= 0.6 is 23.1 Å². The van der Waals surface area contributed by atoms with Crippen LogP contribution in [-0.4, -0.2) is 28.5 Å². The highest BCUT2D eigenvalue weighted by Gasteiger charge is 2.15. The van der Waals surface area contributed by atoms with Crippen LogP contribution in [0.25, 0.3) is 6.08 Å². The number of aromatic nitrogens is 1. The van der Waals surface area contributed by atoms with E-state index in [1.807, 2.05) is 72.8 Å². The van der Waals surface area contributed by atoms with Crippen LogP contribution < -0.4 is 20.7 Å². The lowest BCUT2D eigenvalue weighted by Crippen LogP contribution is -2.30. The molecular weight excluding hydrogens is 593 g/mol. The van der Waals surface area contributed by atoms with Gasteiger partial charge in [-0.25, -0.2) is 4.98 Å². The van der Waals surface area contributed by atoms with E-state index in [-0.39, 0.29) is 17.4 Å². The van der Waals surface area contributed by atoms with Crippen molar-refractivity contribution in [3.05, 3.63) is 143 Å². The molecule has 220 valence electrons. The summed E-state index contributed by atoms with van der Waals surface area (Å²) in [6.07, 6.45) is 3.25. The van der Waals surface area contributed by atoms with Crippen LogP contribution in [0.3, 0.4) is 0 Å². The number of carbonyl (C=O) groups excluding carboxylic acids is 3. The number of hydrogen-bond donors (Lipinski definition) is 3. The molecule has 0 unspecified atom stereocenters. The summed E-state index contributed by atoms with van der Waals surface area (Å²) in [6.45, 7) is 0.438. The quantitative estimate of drug-likeness (QED) is 0.104. The van der Waals surface area contributed by atoms with Crippen molar-refractivity contribution in [2.75, 3.05) is 16.4 Å². The SMILES string of the molecule is O=C(CSc1ccc(NC(=O)/C(=C/c2ccc(OCc3ccccc3)cc2)NC(=O)c2ccccc2)cc1)Nc1nccs1. The van der Waals surface area contributed by atoms with Gasteiger partial charge in [-0.2, -0.15) is 0 Å². The van der Waals surface area contributed by atoms with Gasteiger partial charge in [0.25, 0.3) is 11.8 Å². The monoisotopic (exact) mass is 620 g/mol. The average molecular weight is 621 g/mol. The maximum Gasteiger partial charge on any atom is 0.272 e. The number of thioether (sulfide) groups is 1. The fraction of sp³-hybridized carbons (Fsp3) is 0.0588. The Bertz CT molecular complexity index is 1710. The van der Waals surface area contributed by atoms with Crippen LogP contribution in [0.5, 0.6) is 5.75 Å². The Balaban J connectivity index is 1.24. The summed E-state index contributed by atoms with van der Waals surface area (Å²) < 4.78 is 5.87. The van der Waals surface area contributed by atoms with Crippen molar-refractivity contribution in [3.63, 3.8) is 0 Å². The molecule has 5 rings (SSSR count). The van der Waals surface area contributed by atoms with E-state index in [1.54, 1.807) is 54.1 Å². The second-order valence-electron chi connectivity index (χ2n) is 9.37. The van der Waals surface area contributed by atoms with Crippen LogP contribution in [0.1, 0.15) is 21.5 Å². The van der Waals surface area contributed by atoms with Gasteiger partial charge >= 0.3 is 0 Å². The predicted octanol–water partition coefficient (Wildman–Crippen LogP) is 6.86. The molecule has 0 radical (unpaired) electrons. The van der Waals surface area contributed by atoms with Gasteiger partial charge < -0.3 is 20.7 Å². The first-order valence-corrected chi connectivity index (χ1v) is 15.5. The van der Waals surface area contributed by atoms with Crippen molar-refractivity contribution < 1.29 is 19.1 Å². The van der Waals surface area contributed by atoms with E-state index in [1.165, 1.54) is 23.1 Å². The molecule has 0 aliphatic rings. The fourth-order valence-electron chi connectivity index (χ4n) is 3.93. The van der Waals surface area contributed by atoms with Gasteiger partial charge in [0.2, 0.25) is 5.91 Å². The summed E-state index contributed by atoms with van der Waals surface area (Å²) in [5.74, 6) is -0.134. The number of amides is 3. The minimum atomic E-state index is -0.484. The fourth-order valence-corrected chi connectivity index (χ4v) is 5.18. The van der Waals surface area contributed by atoms with E-state index in [0.717, 1.165) is 10.5 Å². The Labute approximate surface area is 263 Å². The van der Waals surface area contributed by atoms with Crippen molar-refractivity contribution >= 4 is 57.7 Å². The highest BCUT2D eigenvalue weighted by Crippen LogP contribution is 2.22. The number of hydrogen-bond acceptors (Lipinski definition) is 7. The van der Waals surface area contributed by atoms with Gasteiger partial charge in [-0.1, -0.05) is 60.7 Å². The third-order valence-corrected chi connectivity index (χ3v) is 7.83. The topological polar surface area (TPSA) is 109 Å². The van der Waals surface area contributed by atoms with Crippen molar-refractivity contribution in [1.29, 1.82) is 0 Å². The minimum Gasteiger partial charge on any atom is -0.489 e. The summed E-state index contributed by atoms with van der Waals surface area (Å²) in [6, 6.07) is 32.9. The van der Waals surface area contributed by atoms with Crippen LogP contribution in [0.4, 0.5) is 10.8 Å². The maximum absolute atomic E-state index is 13.4. The molecule has 44 heavy (non-hydrogen) atoms. The number of nitrogens with one attached hydrogen (secondary N) is 3. The van der Waals surface area contributed by atoms with Crippen LogP contribution in [-0.2, 0) is 16.2 Å². The number of thiazole rings is 1. The maximum atomic E-state index is 13.4. The standard InChI is InChI=1S/C34H28N4O4S2/c39-31(38-34-35-19-20-43-34)23-44-29-17-13-27(14-18-29)36-33(41)30(37-32(40)26-9-5-2-6-10-26)21-24-11-15-28(16-12-24)42-22-25-7-3-1-4-8-25/h1-21H,22-23H2,(H,36,41)(H,37,40)(H,35,38,39)/b30-21-. The molecule has 3 amide bonds. The summed E-state index contributed by atoms with van der Waals surface area (Å²) >= 11 is 2.73. The first-order chi connectivity index (χ1) is 21.5. The predicted molar refractivity (Wildman–Crippen MR) is 176 cm³/mol. The molecule has 8 nitrogen and oxygen atoms in total. The Morgan fingerprint density at radius 1 is 0.818 bits per heavy atom. The number of ether oxygens (including phenoxy) is 1. The van der Waals surface area contributed by atoms with Crippen molar-refractivity contribution in [1.82, 2.24) is 10.3 Å². The molecule has 4 aromatic carbocycles. The van der Waals surface area contributed by atoms with Crippen LogP contribution in [0, 0.1) is 0 Å². The van der Waals surface area contributed by atoms with Gasteiger partial charge in [0.05, 0.1) is 5.75 Å². The summed E-state index contributed by atoms with van der Waals surface area (Å²) in [7, 11) is 0. The highest BCUT2D eigenvalue weighted by atomic mass is 32.2. The van der Waals surface area contributed by atoms with E-state index in [4.69, 9.17) is 4.74 Å². The Hall–Kier alpha value is -5.19. The molecule has 5 aromatic rings. The zero-order chi connectivity index (χ0) is 30.6. The smallest absolute Gasteiger partial charge is 0.272 e. The van der Waals surface area contributed by atoms with E-state index >= 15 is 0 Å². The highest BCUT2D eigenvalue weighted by molar-refractivity contribution is 8.00. The summed E-state index contributed by atoms with van der Waals surface area (Å²) in [5, 5.41) is 10.7. The molecule has 0 atom stereocenters. The van der Waals surface area contributed by atoms with E-state index < -0.39 is 11.8 Å². The summed E-state index contributed by atoms with van der Waals surface area (Å²) in [5.41, 5.74) is 2.81. The van der Waals surface area contributed by atoms with Gasteiger partial charge in [0, 0.05) is 27.7 Å². The molecule has 0 spiro atoms. The lowest BCUT2D eigenvalue weighted by atomic mass is 10.1. The van der Waals surface area contributed by atoms with Gasteiger partial charge in [-0.05, 0) is 65.7 Å². The number of carbonyl (C=O) groups is 3. The third kappa shape index (κ3) is 9.15. The van der Waals surface area contributed by atoms with Gasteiger partial charge in [-0.3, -0.25) is 14.4 Å². The van der Waals surface area contributed by atoms with Gasteiger partial charge in [-0.15, -0.1) is 23.1 Å². The van der Waals surface area contributed by atoms with Crippen molar-refractivity contribution in [3.8, 4) is 5.75 Å². The summed E-state index contributed by atoms with van der Waals surface area (Å²) in [4.78, 5) is 43.4. The first kappa shape index (κ1) is 30.3. The normalized spacial score (nSPS) is 11.0. The zero-order valence-electron chi connectivity index (χ0n) is 23.4. The Kier molecular flexibility index (Phi) is 10.5. The molecule has 0 saturated carbocycles. The third-order valence-electron chi connectivity index (χ3n) is 6.13. The molecule has 1 heterocycles. The first-order valence-electron chi connectivity index (χ1n) is 13.6. The molecule has 0 bridgehead atoms. The molecule has 0 saturated heterocycles. The van der Waals surface area contributed by atoms with E-state index in [0.29, 0.717) is 34.3 Å². The molecule has 3 N–H and O–H groups in total. The Morgan fingerprint density at radius 2 is 1.52 bits per heavy atom. The van der Waals surface area contributed by atoms with E-state index in [9.17, 15) is 14.4 Å². The van der Waals surface area contributed by atoms with Gasteiger partial charge in [0.1, 0.15) is 18.1 Å². The number of anilines is 2. The Morgan fingerprint density at radius 3 is 2.20 bits per heavy atom. The van der Waals surface area contributed by atoms with E-state index in [2.05, 4.69) is 20.9 Å². The number of rotatable bonds is 12. The molecular formula is C34H28N4O4S2. The minimum absolute atomic E-state index is 0.0779. The molecule has 0 fully saturated rings. The molecule has 0 aliphatic heterocycles. The zero-order valence-corrected chi connectivity index (χ0v) is 25.1. The molecule has 1 aromatic heterocycles. The van der Waals surface area contributed by atoms with Crippen molar-refractivity contribution in [2.24, 2.45) is 0 Å². The second kappa shape index (κ2) is 15.3. The number of benzene rings is 4. The lowest BCUT2D eigenvalue weighted by Gasteiger charge is -2.12. The van der Waals surface area contributed by atoms with Crippen LogP contribution in [0.15, 0.2) is 131 Å². The lowest BCUT2D eigenvalue weighted by molar-refractivity contribution is -0.114. The van der Waals surface area contributed by atoms with Crippen LogP contribution in [0.2, 0.25) is 0 Å². The molecule has 0 aliphatic carbocycles.